The quantitative estimate of drug-likeness (QED) is 0.630. The molecule has 2 heterocycles. The Labute approximate surface area is 168 Å². The highest BCUT2D eigenvalue weighted by Crippen LogP contribution is 2.20. The summed E-state index contributed by atoms with van der Waals surface area (Å²) in [6.07, 6.45) is 3.82. The highest BCUT2D eigenvalue weighted by molar-refractivity contribution is 6.30. The van der Waals surface area contributed by atoms with E-state index in [0.717, 1.165) is 16.9 Å². The van der Waals surface area contributed by atoms with E-state index in [1.165, 1.54) is 6.92 Å². The van der Waals surface area contributed by atoms with Crippen molar-refractivity contribution in [1.82, 2.24) is 20.1 Å². The van der Waals surface area contributed by atoms with Gasteiger partial charge in [-0.2, -0.15) is 5.10 Å². The number of aromatic nitrogens is 3. The van der Waals surface area contributed by atoms with Gasteiger partial charge in [0, 0.05) is 18.1 Å². The second-order valence-electron chi connectivity index (χ2n) is 6.50. The Kier molecular flexibility index (Phi) is 5.90. The van der Waals surface area contributed by atoms with Gasteiger partial charge in [0.2, 0.25) is 0 Å². The van der Waals surface area contributed by atoms with E-state index >= 15 is 0 Å². The molecule has 0 radical (unpaired) electrons. The highest BCUT2D eigenvalue weighted by atomic mass is 35.5. The van der Waals surface area contributed by atoms with Crippen molar-refractivity contribution >= 4 is 23.3 Å². The van der Waals surface area contributed by atoms with Gasteiger partial charge in [-0.3, -0.25) is 14.6 Å². The van der Waals surface area contributed by atoms with Crippen molar-refractivity contribution in [1.29, 1.82) is 0 Å². The van der Waals surface area contributed by atoms with Crippen LogP contribution in [-0.4, -0.2) is 26.5 Å². The van der Waals surface area contributed by atoms with Gasteiger partial charge >= 0.3 is 0 Å². The van der Waals surface area contributed by atoms with Crippen LogP contribution in [0.15, 0.2) is 48.8 Å². The Morgan fingerprint density at radius 1 is 1.21 bits per heavy atom. The second kappa shape index (κ2) is 8.35. The second-order valence-corrected chi connectivity index (χ2v) is 6.93. The van der Waals surface area contributed by atoms with Gasteiger partial charge in [-0.1, -0.05) is 18.5 Å². The van der Waals surface area contributed by atoms with Crippen LogP contribution in [0.25, 0.3) is 5.69 Å². The van der Waals surface area contributed by atoms with Crippen LogP contribution in [0.5, 0.6) is 0 Å². The summed E-state index contributed by atoms with van der Waals surface area (Å²) in [5, 5.41) is 8.00. The van der Waals surface area contributed by atoms with Crippen LogP contribution >= 0.6 is 11.6 Å². The molecule has 3 aromatic rings. The molecule has 6 nitrogen and oxygen atoms in total. The minimum Gasteiger partial charge on any atom is -0.345 e. The predicted octanol–water partition coefficient (Wildman–Crippen LogP) is 4.31. The molecule has 0 aliphatic carbocycles. The minimum atomic E-state index is -0.230. The first-order valence-electron chi connectivity index (χ1n) is 8.99. The van der Waals surface area contributed by atoms with Crippen LogP contribution < -0.4 is 5.32 Å². The molecule has 28 heavy (non-hydrogen) atoms. The molecule has 1 atom stereocenters. The minimum absolute atomic E-state index is 0.108. The number of hydrogen-bond donors (Lipinski definition) is 1. The van der Waals surface area contributed by atoms with E-state index in [1.54, 1.807) is 35.3 Å². The Balaban J connectivity index is 1.83. The number of rotatable bonds is 6. The fourth-order valence-corrected chi connectivity index (χ4v) is 3.11. The number of hydrogen-bond acceptors (Lipinski definition) is 4. The molecular formula is C21H21ClN4O2. The SMILES string of the molecule is CC[C@H](NC(=O)c1cnn(-c2ccc(Cl)cc2)c1C)c1ccnc(C(C)=O)c1. The molecule has 0 saturated heterocycles. The molecule has 1 N–H and O–H groups in total. The van der Waals surface area contributed by atoms with Crippen molar-refractivity contribution in [3.63, 3.8) is 0 Å². The van der Waals surface area contributed by atoms with Crippen molar-refractivity contribution in [2.75, 3.05) is 0 Å². The fourth-order valence-electron chi connectivity index (χ4n) is 2.99. The Morgan fingerprint density at radius 3 is 2.57 bits per heavy atom. The van der Waals surface area contributed by atoms with E-state index in [1.807, 2.05) is 32.0 Å². The van der Waals surface area contributed by atoms with E-state index in [9.17, 15) is 9.59 Å². The first kappa shape index (κ1) is 19.8. The Hall–Kier alpha value is -2.99. The first-order chi connectivity index (χ1) is 13.4. The number of benzene rings is 1. The molecular weight excluding hydrogens is 376 g/mol. The fraction of sp³-hybridized carbons (Fsp3) is 0.238. The molecule has 1 aromatic carbocycles. The number of ketones is 1. The molecule has 2 aromatic heterocycles. The molecule has 0 spiro atoms. The van der Waals surface area contributed by atoms with Gasteiger partial charge in [-0.25, -0.2) is 4.68 Å². The van der Waals surface area contributed by atoms with E-state index in [4.69, 9.17) is 11.6 Å². The third-order valence-corrected chi connectivity index (χ3v) is 4.84. The predicted molar refractivity (Wildman–Crippen MR) is 108 cm³/mol. The largest absolute Gasteiger partial charge is 0.345 e. The molecule has 0 aliphatic rings. The summed E-state index contributed by atoms with van der Waals surface area (Å²) >= 11 is 5.94. The van der Waals surface area contributed by atoms with Gasteiger partial charge in [-0.15, -0.1) is 0 Å². The maximum Gasteiger partial charge on any atom is 0.255 e. The molecule has 0 aliphatic heterocycles. The molecule has 0 bridgehead atoms. The zero-order valence-corrected chi connectivity index (χ0v) is 16.7. The van der Waals surface area contributed by atoms with E-state index in [2.05, 4.69) is 15.4 Å². The summed E-state index contributed by atoms with van der Waals surface area (Å²) in [6, 6.07) is 10.6. The first-order valence-corrected chi connectivity index (χ1v) is 9.36. The number of amides is 1. The summed E-state index contributed by atoms with van der Waals surface area (Å²) in [7, 11) is 0. The summed E-state index contributed by atoms with van der Waals surface area (Å²) in [5.41, 5.74) is 3.28. The van der Waals surface area contributed by atoms with Crippen molar-refractivity contribution in [2.45, 2.75) is 33.2 Å². The molecule has 3 rings (SSSR count). The van der Waals surface area contributed by atoms with E-state index in [0.29, 0.717) is 22.7 Å². The lowest BCUT2D eigenvalue weighted by Crippen LogP contribution is -2.28. The average Bonchev–Trinajstić information content (AvgIpc) is 3.08. The highest BCUT2D eigenvalue weighted by Gasteiger charge is 2.19. The number of pyridine rings is 1. The number of halogens is 1. The summed E-state index contributed by atoms with van der Waals surface area (Å²) in [4.78, 5) is 28.5. The monoisotopic (exact) mass is 396 g/mol. The molecule has 144 valence electrons. The van der Waals surface area contributed by atoms with Crippen LogP contribution in [-0.2, 0) is 0 Å². The van der Waals surface area contributed by atoms with E-state index in [-0.39, 0.29) is 17.7 Å². The number of nitrogens with zero attached hydrogens (tertiary/aromatic N) is 3. The average molecular weight is 397 g/mol. The normalized spacial score (nSPS) is 11.9. The zero-order valence-electron chi connectivity index (χ0n) is 15.9. The smallest absolute Gasteiger partial charge is 0.255 e. The van der Waals surface area contributed by atoms with Crippen LogP contribution in [0.2, 0.25) is 5.02 Å². The lowest BCUT2D eigenvalue weighted by atomic mass is 10.0. The van der Waals surface area contributed by atoms with Gasteiger partial charge < -0.3 is 5.32 Å². The zero-order chi connectivity index (χ0) is 20.3. The summed E-state index contributed by atoms with van der Waals surface area (Å²) in [6.45, 7) is 5.29. The van der Waals surface area contributed by atoms with Gasteiger partial charge in [0.05, 0.1) is 29.2 Å². The number of carbonyl (C=O) groups excluding carboxylic acids is 2. The van der Waals surface area contributed by atoms with Crippen molar-refractivity contribution < 1.29 is 9.59 Å². The van der Waals surface area contributed by atoms with Crippen molar-refractivity contribution in [3.05, 3.63) is 76.3 Å². The number of Topliss-reactive ketones (excluding diaryl/α,β-unsaturated/α-hetero) is 1. The topological polar surface area (TPSA) is 76.9 Å². The Bertz CT molecular complexity index is 1010. The number of carbonyl (C=O) groups is 2. The molecule has 0 fully saturated rings. The summed E-state index contributed by atoms with van der Waals surface area (Å²) in [5.74, 6) is -0.325. The molecule has 7 heteroatoms. The van der Waals surface area contributed by atoms with Crippen LogP contribution in [0.4, 0.5) is 0 Å². The molecule has 0 unspecified atom stereocenters. The van der Waals surface area contributed by atoms with Gasteiger partial charge in [0.25, 0.3) is 5.91 Å². The third-order valence-electron chi connectivity index (χ3n) is 4.59. The van der Waals surface area contributed by atoms with Crippen LogP contribution in [0, 0.1) is 6.92 Å². The van der Waals surface area contributed by atoms with E-state index < -0.39 is 0 Å². The van der Waals surface area contributed by atoms with Gasteiger partial charge in [0.15, 0.2) is 5.78 Å². The van der Waals surface area contributed by atoms with Crippen molar-refractivity contribution in [3.8, 4) is 5.69 Å². The third kappa shape index (κ3) is 4.12. The van der Waals surface area contributed by atoms with Crippen LogP contribution in [0.3, 0.4) is 0 Å². The number of nitrogens with one attached hydrogen (secondary N) is 1. The Morgan fingerprint density at radius 2 is 1.93 bits per heavy atom. The maximum atomic E-state index is 12.9. The lowest BCUT2D eigenvalue weighted by molar-refractivity contribution is 0.0934. The summed E-state index contributed by atoms with van der Waals surface area (Å²) < 4.78 is 1.70. The van der Waals surface area contributed by atoms with Gasteiger partial charge in [0.1, 0.15) is 5.69 Å². The van der Waals surface area contributed by atoms with Crippen LogP contribution in [0.1, 0.15) is 58.4 Å². The maximum absolute atomic E-state index is 12.9. The standard InChI is InChI=1S/C21H21ClN4O2/c1-4-19(15-9-10-23-20(11-15)14(3)27)25-21(28)18-12-24-26(13(18)2)17-7-5-16(22)6-8-17/h5-12,19H,4H2,1-3H3,(H,25,28)/t19-/m0/s1. The lowest BCUT2D eigenvalue weighted by Gasteiger charge is -2.18. The van der Waals surface area contributed by atoms with Crippen molar-refractivity contribution in [2.24, 2.45) is 0 Å². The molecule has 1 amide bonds. The molecule has 0 saturated carbocycles. The van der Waals surface area contributed by atoms with Gasteiger partial charge in [-0.05, 0) is 55.3 Å².